The second kappa shape index (κ2) is 8.66. The first kappa shape index (κ1) is 19.0. The van der Waals surface area contributed by atoms with Crippen molar-refractivity contribution in [2.75, 3.05) is 26.1 Å². The Balaban J connectivity index is 2.03. The molecule has 0 unspecified atom stereocenters. The van der Waals surface area contributed by atoms with E-state index in [1.54, 1.807) is 36.4 Å². The van der Waals surface area contributed by atoms with Crippen LogP contribution in [0, 0.1) is 0 Å². The number of para-hydroxylation sites is 1. The van der Waals surface area contributed by atoms with Gasteiger partial charge in [-0.25, -0.2) is 4.79 Å². The summed E-state index contributed by atoms with van der Waals surface area (Å²) in [5, 5.41) is 2.60. The third-order valence-corrected chi connectivity index (χ3v) is 3.48. The lowest BCUT2D eigenvalue weighted by Crippen LogP contribution is -2.15. The van der Waals surface area contributed by atoms with Gasteiger partial charge in [-0.15, -0.1) is 0 Å². The van der Waals surface area contributed by atoms with Crippen LogP contribution in [0.3, 0.4) is 0 Å². The number of benzene rings is 2. The van der Waals surface area contributed by atoms with Crippen molar-refractivity contribution in [2.24, 2.45) is 0 Å². The molecule has 0 heterocycles. The summed E-state index contributed by atoms with van der Waals surface area (Å²) in [5.41, 5.74) is 1.11. The Bertz CT molecular complexity index is 813. The average Bonchev–Trinajstić information content (AvgIpc) is 2.65. The van der Waals surface area contributed by atoms with Crippen molar-refractivity contribution in [2.45, 2.75) is 6.92 Å². The topological polar surface area (TPSA) is 90.9 Å². The van der Waals surface area contributed by atoms with Crippen LogP contribution in [0.2, 0.25) is 0 Å². The van der Waals surface area contributed by atoms with E-state index in [-0.39, 0.29) is 23.0 Å². The lowest BCUT2D eigenvalue weighted by molar-refractivity contribution is -0.114. The fraction of sp³-hybridized carbons (Fsp3) is 0.211. The standard InChI is InChI=1S/C19H19NO6/c1-12(21)20-14-9-7-13(8-10-14)16(22)11-26-19(23)15-5-4-6-17(24-2)18(15)25-3/h4-10H,11H2,1-3H3,(H,20,21). The summed E-state index contributed by atoms with van der Waals surface area (Å²) >= 11 is 0. The summed E-state index contributed by atoms with van der Waals surface area (Å²) < 4.78 is 15.4. The van der Waals surface area contributed by atoms with Gasteiger partial charge in [0.25, 0.3) is 0 Å². The quantitative estimate of drug-likeness (QED) is 0.605. The van der Waals surface area contributed by atoms with Crippen LogP contribution in [0.4, 0.5) is 5.69 Å². The maximum absolute atomic E-state index is 12.2. The van der Waals surface area contributed by atoms with Crippen molar-refractivity contribution >= 4 is 23.3 Å². The molecular formula is C19H19NO6. The first-order valence-corrected chi connectivity index (χ1v) is 7.75. The number of carbonyl (C=O) groups excluding carboxylic acids is 3. The van der Waals surface area contributed by atoms with E-state index in [9.17, 15) is 14.4 Å². The number of methoxy groups -OCH3 is 2. The molecule has 0 saturated heterocycles. The van der Waals surface area contributed by atoms with E-state index in [1.807, 2.05) is 0 Å². The highest BCUT2D eigenvalue weighted by Gasteiger charge is 2.19. The highest BCUT2D eigenvalue weighted by molar-refractivity contribution is 6.00. The fourth-order valence-electron chi connectivity index (χ4n) is 2.28. The summed E-state index contributed by atoms with van der Waals surface area (Å²) in [6, 6.07) is 11.1. The van der Waals surface area contributed by atoms with Crippen molar-refractivity contribution in [3.05, 3.63) is 53.6 Å². The molecule has 0 spiro atoms. The number of carbonyl (C=O) groups is 3. The Labute approximate surface area is 150 Å². The van der Waals surface area contributed by atoms with Gasteiger partial charge in [-0.05, 0) is 36.4 Å². The van der Waals surface area contributed by atoms with Gasteiger partial charge in [0.1, 0.15) is 5.56 Å². The van der Waals surface area contributed by atoms with Crippen LogP contribution in [-0.2, 0) is 9.53 Å². The second-order valence-electron chi connectivity index (χ2n) is 5.30. The number of amides is 1. The van der Waals surface area contributed by atoms with Gasteiger partial charge in [-0.2, -0.15) is 0 Å². The lowest BCUT2D eigenvalue weighted by atomic mass is 10.1. The van der Waals surface area contributed by atoms with Gasteiger partial charge in [-0.1, -0.05) is 6.07 Å². The number of Topliss-reactive ketones (excluding diaryl/α,β-unsaturated/α-hetero) is 1. The second-order valence-corrected chi connectivity index (χ2v) is 5.30. The third-order valence-electron chi connectivity index (χ3n) is 3.48. The monoisotopic (exact) mass is 357 g/mol. The predicted octanol–water partition coefficient (Wildman–Crippen LogP) is 2.70. The zero-order valence-corrected chi connectivity index (χ0v) is 14.7. The van der Waals surface area contributed by atoms with E-state index in [0.29, 0.717) is 17.0 Å². The van der Waals surface area contributed by atoms with Crippen molar-refractivity contribution in [3.63, 3.8) is 0 Å². The molecule has 0 saturated carbocycles. The van der Waals surface area contributed by atoms with Crippen molar-refractivity contribution in [1.29, 1.82) is 0 Å². The zero-order chi connectivity index (χ0) is 19.1. The fourth-order valence-corrected chi connectivity index (χ4v) is 2.28. The molecule has 0 aliphatic heterocycles. The molecule has 0 fully saturated rings. The Morgan fingerprint density at radius 2 is 1.65 bits per heavy atom. The van der Waals surface area contributed by atoms with Gasteiger partial charge in [0.05, 0.1) is 14.2 Å². The maximum atomic E-state index is 12.2. The highest BCUT2D eigenvalue weighted by atomic mass is 16.5. The minimum Gasteiger partial charge on any atom is -0.493 e. The summed E-state index contributed by atoms with van der Waals surface area (Å²) in [5.74, 6) is -0.627. The molecule has 0 aliphatic rings. The number of rotatable bonds is 7. The molecular weight excluding hydrogens is 338 g/mol. The molecule has 2 aromatic rings. The first-order chi connectivity index (χ1) is 12.5. The van der Waals surface area contributed by atoms with Gasteiger partial charge in [0.15, 0.2) is 23.9 Å². The van der Waals surface area contributed by atoms with Crippen LogP contribution in [-0.4, -0.2) is 38.5 Å². The van der Waals surface area contributed by atoms with Crippen molar-refractivity contribution in [3.8, 4) is 11.5 Å². The lowest BCUT2D eigenvalue weighted by Gasteiger charge is -2.12. The molecule has 0 aromatic heterocycles. The summed E-state index contributed by atoms with van der Waals surface area (Å²) in [7, 11) is 2.87. The Morgan fingerprint density at radius 3 is 2.23 bits per heavy atom. The number of ether oxygens (including phenoxy) is 3. The summed E-state index contributed by atoms with van der Waals surface area (Å²) in [6.45, 7) is 0.976. The van der Waals surface area contributed by atoms with E-state index in [2.05, 4.69) is 5.32 Å². The minimum absolute atomic E-state index is 0.167. The molecule has 0 radical (unpaired) electrons. The molecule has 7 heteroatoms. The number of hydrogen-bond donors (Lipinski definition) is 1. The van der Waals surface area contributed by atoms with Gasteiger partial charge < -0.3 is 19.5 Å². The van der Waals surface area contributed by atoms with Crippen LogP contribution >= 0.6 is 0 Å². The number of nitrogens with one attached hydrogen (secondary N) is 1. The molecule has 7 nitrogen and oxygen atoms in total. The van der Waals surface area contributed by atoms with Crippen LogP contribution in [0.5, 0.6) is 11.5 Å². The van der Waals surface area contributed by atoms with Crippen LogP contribution in [0.1, 0.15) is 27.6 Å². The molecule has 1 amide bonds. The Kier molecular flexibility index (Phi) is 6.32. The average molecular weight is 357 g/mol. The molecule has 0 bridgehead atoms. The molecule has 2 rings (SSSR count). The van der Waals surface area contributed by atoms with E-state index >= 15 is 0 Å². The smallest absolute Gasteiger partial charge is 0.342 e. The van der Waals surface area contributed by atoms with Crippen LogP contribution in [0.25, 0.3) is 0 Å². The van der Waals surface area contributed by atoms with Crippen LogP contribution < -0.4 is 14.8 Å². The molecule has 136 valence electrons. The number of ketones is 1. The van der Waals surface area contributed by atoms with Crippen molar-refractivity contribution < 1.29 is 28.6 Å². The summed E-state index contributed by atoms with van der Waals surface area (Å²) in [6.07, 6.45) is 0. The van der Waals surface area contributed by atoms with Gasteiger partial charge in [-0.3, -0.25) is 9.59 Å². The van der Waals surface area contributed by atoms with Gasteiger partial charge in [0.2, 0.25) is 5.91 Å². The number of anilines is 1. The van der Waals surface area contributed by atoms with Gasteiger partial charge >= 0.3 is 5.97 Å². The molecule has 0 atom stereocenters. The molecule has 1 N–H and O–H groups in total. The number of hydrogen-bond acceptors (Lipinski definition) is 6. The van der Waals surface area contributed by atoms with E-state index in [1.165, 1.54) is 27.2 Å². The highest BCUT2D eigenvalue weighted by Crippen LogP contribution is 2.31. The van der Waals surface area contributed by atoms with E-state index in [0.717, 1.165) is 0 Å². The maximum Gasteiger partial charge on any atom is 0.342 e. The van der Waals surface area contributed by atoms with E-state index in [4.69, 9.17) is 14.2 Å². The molecule has 2 aromatic carbocycles. The predicted molar refractivity (Wildman–Crippen MR) is 94.9 cm³/mol. The molecule has 26 heavy (non-hydrogen) atoms. The zero-order valence-electron chi connectivity index (χ0n) is 14.7. The van der Waals surface area contributed by atoms with Crippen molar-refractivity contribution in [1.82, 2.24) is 0 Å². The Morgan fingerprint density at radius 1 is 0.962 bits per heavy atom. The normalized spacial score (nSPS) is 9.96. The first-order valence-electron chi connectivity index (χ1n) is 7.75. The van der Waals surface area contributed by atoms with Gasteiger partial charge in [0, 0.05) is 18.2 Å². The SMILES string of the molecule is COc1cccc(C(=O)OCC(=O)c2ccc(NC(C)=O)cc2)c1OC. The minimum atomic E-state index is -0.691. The van der Waals surface area contributed by atoms with Crippen LogP contribution in [0.15, 0.2) is 42.5 Å². The summed E-state index contributed by atoms with van der Waals surface area (Å²) in [4.78, 5) is 35.4. The largest absolute Gasteiger partial charge is 0.493 e. The number of esters is 1. The molecule has 0 aliphatic carbocycles. The Hall–Kier alpha value is -3.35. The van der Waals surface area contributed by atoms with E-state index < -0.39 is 12.6 Å². The third kappa shape index (κ3) is 4.60.